The number of hydrogen-bond acceptors (Lipinski definition) is 2. The van der Waals surface area contributed by atoms with Crippen LogP contribution in [-0.2, 0) is 9.53 Å². The average molecular weight is 355 g/mol. The highest BCUT2D eigenvalue weighted by molar-refractivity contribution is 5.82. The summed E-state index contributed by atoms with van der Waals surface area (Å²) in [4.78, 5) is 11.1. The van der Waals surface area contributed by atoms with Crippen molar-refractivity contribution < 1.29 is 9.53 Å². The lowest BCUT2D eigenvalue weighted by molar-refractivity contribution is -0.137. The molecule has 0 aliphatic heterocycles. The Morgan fingerprint density at radius 3 is 1.46 bits per heavy atom. The second-order valence-corrected chi connectivity index (χ2v) is 5.48. The van der Waals surface area contributed by atoms with Crippen molar-refractivity contribution in [2.75, 3.05) is 6.61 Å². The maximum Gasteiger partial charge on any atom is 0.330 e. The van der Waals surface area contributed by atoms with Crippen LogP contribution >= 0.6 is 0 Å². The molecule has 0 fully saturated rings. The summed E-state index contributed by atoms with van der Waals surface area (Å²) in [7, 11) is 0. The fraction of sp³-hybridized carbons (Fsp3) is 0.375. The minimum absolute atomic E-state index is 0.299. The predicted molar refractivity (Wildman–Crippen MR) is 114 cm³/mol. The molecule has 0 heterocycles. The number of carbonyl (C=O) groups is 1. The summed E-state index contributed by atoms with van der Waals surface area (Å²) >= 11 is 0. The summed E-state index contributed by atoms with van der Waals surface area (Å²) in [5.41, 5.74) is 0. The third kappa shape index (κ3) is 19.7. The van der Waals surface area contributed by atoms with E-state index in [1.54, 1.807) is 13.0 Å². The highest BCUT2D eigenvalue weighted by Gasteiger charge is 1.89. The lowest BCUT2D eigenvalue weighted by Gasteiger charge is -1.92. The quantitative estimate of drug-likeness (QED) is 0.148. The molecule has 142 valence electrons. The van der Waals surface area contributed by atoms with Crippen LogP contribution < -0.4 is 0 Å². The van der Waals surface area contributed by atoms with Gasteiger partial charge in [0.15, 0.2) is 0 Å². The molecule has 0 saturated heterocycles. The van der Waals surface area contributed by atoms with Crippen LogP contribution in [0.1, 0.15) is 52.4 Å². The van der Waals surface area contributed by atoms with Gasteiger partial charge in [0.25, 0.3) is 0 Å². The first-order chi connectivity index (χ1) is 12.8. The van der Waals surface area contributed by atoms with Crippen LogP contribution in [0.25, 0.3) is 0 Å². The summed E-state index contributed by atoms with van der Waals surface area (Å²) in [5, 5.41) is 0. The Bertz CT molecular complexity index is 528. The third-order valence-electron chi connectivity index (χ3n) is 3.20. The molecule has 0 rings (SSSR count). The second-order valence-electron chi connectivity index (χ2n) is 5.48. The Morgan fingerprint density at radius 2 is 1.04 bits per heavy atom. The number of ether oxygens (including phenoxy) is 1. The zero-order chi connectivity index (χ0) is 19.1. The predicted octanol–water partition coefficient (Wildman–Crippen LogP) is 6.80. The van der Waals surface area contributed by atoms with E-state index in [9.17, 15) is 4.79 Å². The van der Waals surface area contributed by atoms with Gasteiger partial charge in [-0.1, -0.05) is 85.9 Å². The lowest BCUT2D eigenvalue weighted by atomic mass is 10.2. The molecule has 0 aliphatic rings. The van der Waals surface area contributed by atoms with E-state index in [1.165, 1.54) is 6.08 Å². The maximum absolute atomic E-state index is 11.1. The highest BCUT2D eigenvalue weighted by atomic mass is 16.5. The maximum atomic E-state index is 11.1. The molecule has 2 heteroatoms. The van der Waals surface area contributed by atoms with Gasteiger partial charge in [0.1, 0.15) is 0 Å². The molecule has 0 aromatic heterocycles. The largest absolute Gasteiger partial charge is 0.463 e. The van der Waals surface area contributed by atoms with Crippen molar-refractivity contribution in [3.8, 4) is 0 Å². The summed E-state index contributed by atoms with van der Waals surface area (Å²) in [5.74, 6) is -0.299. The minimum atomic E-state index is -0.299. The molecule has 0 aliphatic carbocycles. The van der Waals surface area contributed by atoms with Gasteiger partial charge in [0, 0.05) is 6.08 Å². The Labute approximate surface area is 160 Å². The molecular weight excluding hydrogens is 320 g/mol. The normalized spacial score (nSPS) is 13.2. The monoisotopic (exact) mass is 354 g/mol. The molecule has 0 aromatic rings. The van der Waals surface area contributed by atoms with Gasteiger partial charge in [-0.15, -0.1) is 0 Å². The highest BCUT2D eigenvalue weighted by Crippen LogP contribution is 1.96. The first kappa shape index (κ1) is 23.6. The van der Waals surface area contributed by atoms with Crippen molar-refractivity contribution in [3.63, 3.8) is 0 Å². The van der Waals surface area contributed by atoms with Crippen LogP contribution in [0.15, 0.2) is 85.1 Å². The molecule has 0 saturated carbocycles. The molecule has 0 unspecified atom stereocenters. The van der Waals surface area contributed by atoms with E-state index >= 15 is 0 Å². The molecule has 0 aromatic carbocycles. The molecule has 0 radical (unpaired) electrons. The summed E-state index contributed by atoms with van der Waals surface area (Å²) in [6.45, 7) is 4.35. The van der Waals surface area contributed by atoms with Crippen LogP contribution in [0.3, 0.4) is 0 Å². The van der Waals surface area contributed by atoms with Gasteiger partial charge in [-0.05, 0) is 45.4 Å². The van der Waals surface area contributed by atoms with Crippen molar-refractivity contribution >= 4 is 5.97 Å². The van der Waals surface area contributed by atoms with Gasteiger partial charge in [0.2, 0.25) is 0 Å². The Balaban J connectivity index is 3.62. The van der Waals surface area contributed by atoms with Crippen LogP contribution in [0.2, 0.25) is 0 Å². The second kappa shape index (κ2) is 20.7. The topological polar surface area (TPSA) is 26.3 Å². The van der Waals surface area contributed by atoms with E-state index in [2.05, 4.69) is 67.7 Å². The molecule has 26 heavy (non-hydrogen) atoms. The van der Waals surface area contributed by atoms with E-state index in [-0.39, 0.29) is 5.97 Å². The molecular formula is C24H34O2. The van der Waals surface area contributed by atoms with Gasteiger partial charge in [-0.25, -0.2) is 4.79 Å². The van der Waals surface area contributed by atoms with Crippen LogP contribution in [-0.4, -0.2) is 12.6 Å². The van der Waals surface area contributed by atoms with Gasteiger partial charge < -0.3 is 4.74 Å². The molecule has 0 N–H and O–H groups in total. The fourth-order valence-electron chi connectivity index (χ4n) is 1.91. The van der Waals surface area contributed by atoms with Crippen LogP contribution in [0, 0.1) is 0 Å². The van der Waals surface area contributed by atoms with E-state index in [0.717, 1.165) is 38.5 Å². The zero-order valence-corrected chi connectivity index (χ0v) is 16.3. The number of hydrogen-bond donors (Lipinski definition) is 0. The van der Waals surface area contributed by atoms with Crippen molar-refractivity contribution in [1.29, 1.82) is 0 Å². The Kier molecular flexibility index (Phi) is 18.8. The van der Waals surface area contributed by atoms with E-state index in [0.29, 0.717) is 6.61 Å². The third-order valence-corrected chi connectivity index (χ3v) is 3.20. The Hall–Kier alpha value is -2.35. The number of esters is 1. The zero-order valence-electron chi connectivity index (χ0n) is 16.3. The van der Waals surface area contributed by atoms with Gasteiger partial charge in [0.05, 0.1) is 6.61 Å². The van der Waals surface area contributed by atoms with Gasteiger partial charge in [-0.2, -0.15) is 0 Å². The van der Waals surface area contributed by atoms with Gasteiger partial charge in [-0.3, -0.25) is 0 Å². The van der Waals surface area contributed by atoms with E-state index in [4.69, 9.17) is 4.74 Å². The smallest absolute Gasteiger partial charge is 0.330 e. The van der Waals surface area contributed by atoms with Gasteiger partial charge >= 0.3 is 5.97 Å². The van der Waals surface area contributed by atoms with E-state index < -0.39 is 0 Å². The number of allylic oxidation sites excluding steroid dienone is 13. The number of carbonyl (C=O) groups excluding carboxylic acids is 1. The first-order valence-electron chi connectivity index (χ1n) is 9.56. The molecule has 2 nitrogen and oxygen atoms in total. The van der Waals surface area contributed by atoms with Crippen molar-refractivity contribution in [1.82, 2.24) is 0 Å². The van der Waals surface area contributed by atoms with Crippen molar-refractivity contribution in [2.45, 2.75) is 52.4 Å². The summed E-state index contributed by atoms with van der Waals surface area (Å²) in [6, 6.07) is 0. The molecule has 0 atom stereocenters. The van der Waals surface area contributed by atoms with Crippen LogP contribution in [0.4, 0.5) is 0 Å². The average Bonchev–Trinajstić information content (AvgIpc) is 2.64. The standard InChI is InChI=1S/C24H34O2/c1-3-5-6-7-8-9-10-11-12-13-14-15-16-17-18-19-20-21-22-23-24(25)26-4-2/h5-6,8-9,11-12,14-15,17-18,20-23H,3-4,7,10,13,16,19H2,1-2H3. The summed E-state index contributed by atoms with van der Waals surface area (Å²) < 4.78 is 4.79. The van der Waals surface area contributed by atoms with Crippen molar-refractivity contribution in [2.24, 2.45) is 0 Å². The first-order valence-corrected chi connectivity index (χ1v) is 9.56. The van der Waals surface area contributed by atoms with E-state index in [1.807, 2.05) is 12.2 Å². The SMILES string of the molecule is CCC=CCC=CCC=CCC=CCC=CCC=CC=CC(=O)OCC. The molecule has 0 amide bonds. The van der Waals surface area contributed by atoms with Crippen LogP contribution in [0.5, 0.6) is 0 Å². The fourth-order valence-corrected chi connectivity index (χ4v) is 1.91. The lowest BCUT2D eigenvalue weighted by Crippen LogP contribution is -1.98. The summed E-state index contributed by atoms with van der Waals surface area (Å²) in [6.07, 6.45) is 34.8. The number of rotatable bonds is 14. The minimum Gasteiger partial charge on any atom is -0.463 e. The molecule has 0 bridgehead atoms. The molecule has 0 spiro atoms. The Morgan fingerprint density at radius 1 is 0.615 bits per heavy atom. The van der Waals surface area contributed by atoms with Crippen molar-refractivity contribution in [3.05, 3.63) is 85.1 Å².